The fourth-order valence-corrected chi connectivity index (χ4v) is 4.05. The van der Waals surface area contributed by atoms with E-state index in [9.17, 15) is 0 Å². The van der Waals surface area contributed by atoms with Crippen molar-refractivity contribution in [1.82, 2.24) is 0 Å². The Labute approximate surface area is 158 Å². The first-order valence-corrected chi connectivity index (χ1v) is 9.80. The van der Waals surface area contributed by atoms with Crippen LogP contribution < -0.4 is 0 Å². The van der Waals surface area contributed by atoms with Crippen LogP contribution in [0, 0.1) is 5.92 Å². The SMILES string of the molecule is CN=N/C1=C(\C)c2ccccc2CCC(CCC(C)C)c2ccccc21. The van der Waals surface area contributed by atoms with Crippen LogP contribution in [0.3, 0.4) is 0 Å². The molecule has 1 atom stereocenters. The van der Waals surface area contributed by atoms with Crippen LogP contribution in [0.4, 0.5) is 0 Å². The van der Waals surface area contributed by atoms with Crippen LogP contribution in [0.15, 0.2) is 58.8 Å². The molecule has 1 aliphatic rings. The number of fused-ring (bicyclic) bond motifs is 2. The molecule has 0 heterocycles. The van der Waals surface area contributed by atoms with Crippen LogP contribution in [0.1, 0.15) is 68.2 Å². The molecule has 1 aliphatic carbocycles. The van der Waals surface area contributed by atoms with Crippen LogP contribution in [0.5, 0.6) is 0 Å². The van der Waals surface area contributed by atoms with E-state index in [1.165, 1.54) is 47.1 Å². The minimum atomic E-state index is 0.564. The van der Waals surface area contributed by atoms with Crippen molar-refractivity contribution in [2.75, 3.05) is 7.05 Å². The van der Waals surface area contributed by atoms with E-state index in [1.807, 2.05) is 0 Å². The minimum Gasteiger partial charge on any atom is -0.192 e. The number of hydrogen-bond acceptors (Lipinski definition) is 2. The van der Waals surface area contributed by atoms with Crippen molar-refractivity contribution in [1.29, 1.82) is 0 Å². The second kappa shape index (κ2) is 8.44. The molecule has 26 heavy (non-hydrogen) atoms. The van der Waals surface area contributed by atoms with Crippen LogP contribution >= 0.6 is 0 Å². The Balaban J connectivity index is 2.19. The smallest absolute Gasteiger partial charge is 0.0962 e. The second-order valence-electron chi connectivity index (χ2n) is 7.72. The van der Waals surface area contributed by atoms with E-state index in [2.05, 4.69) is 79.5 Å². The molecule has 3 rings (SSSR count). The molecule has 0 aromatic heterocycles. The quantitative estimate of drug-likeness (QED) is 0.526. The summed E-state index contributed by atoms with van der Waals surface area (Å²) in [7, 11) is 1.76. The Morgan fingerprint density at radius 1 is 1.00 bits per heavy atom. The monoisotopic (exact) mass is 346 g/mol. The fraction of sp³-hybridized carbons (Fsp3) is 0.417. The number of azo groups is 1. The molecule has 2 nitrogen and oxygen atoms in total. The van der Waals surface area contributed by atoms with Gasteiger partial charge >= 0.3 is 0 Å². The molecular formula is C24H30N2. The van der Waals surface area contributed by atoms with Gasteiger partial charge in [0.25, 0.3) is 0 Å². The Morgan fingerprint density at radius 3 is 2.42 bits per heavy atom. The summed E-state index contributed by atoms with van der Waals surface area (Å²) in [5, 5.41) is 8.73. The summed E-state index contributed by atoms with van der Waals surface area (Å²) >= 11 is 0. The Hall–Kier alpha value is -2.22. The maximum absolute atomic E-state index is 4.58. The second-order valence-corrected chi connectivity index (χ2v) is 7.72. The topological polar surface area (TPSA) is 24.7 Å². The number of nitrogens with zero attached hydrogens (tertiary/aromatic N) is 2. The predicted octanol–water partition coefficient (Wildman–Crippen LogP) is 7.12. The van der Waals surface area contributed by atoms with Crippen molar-refractivity contribution in [2.45, 2.75) is 52.4 Å². The fourth-order valence-electron chi connectivity index (χ4n) is 4.05. The van der Waals surface area contributed by atoms with E-state index in [0.717, 1.165) is 18.0 Å². The average Bonchev–Trinajstić information content (AvgIpc) is 2.69. The molecule has 0 bridgehead atoms. The first kappa shape index (κ1) is 18.6. The van der Waals surface area contributed by atoms with Gasteiger partial charge in [-0.3, -0.25) is 0 Å². The van der Waals surface area contributed by atoms with E-state index in [1.54, 1.807) is 7.05 Å². The summed E-state index contributed by atoms with van der Waals surface area (Å²) in [6.07, 6.45) is 4.78. The van der Waals surface area contributed by atoms with Gasteiger partial charge in [-0.1, -0.05) is 68.8 Å². The Bertz CT molecular complexity index is 814. The molecule has 0 N–H and O–H groups in total. The predicted molar refractivity (Wildman–Crippen MR) is 111 cm³/mol. The number of hydrogen-bond donors (Lipinski definition) is 0. The maximum Gasteiger partial charge on any atom is 0.0962 e. The zero-order chi connectivity index (χ0) is 18.5. The van der Waals surface area contributed by atoms with E-state index in [0.29, 0.717) is 5.92 Å². The van der Waals surface area contributed by atoms with E-state index < -0.39 is 0 Å². The molecule has 2 aromatic rings. The van der Waals surface area contributed by atoms with Gasteiger partial charge in [0.05, 0.1) is 5.70 Å². The molecule has 0 radical (unpaired) electrons. The van der Waals surface area contributed by atoms with Crippen LogP contribution in [0.2, 0.25) is 0 Å². The highest BCUT2D eigenvalue weighted by atomic mass is 15.1. The Morgan fingerprint density at radius 2 is 1.69 bits per heavy atom. The lowest BCUT2D eigenvalue weighted by Crippen LogP contribution is -2.05. The van der Waals surface area contributed by atoms with Crippen LogP contribution in [0.25, 0.3) is 11.3 Å². The highest BCUT2D eigenvalue weighted by Crippen LogP contribution is 2.39. The highest BCUT2D eigenvalue weighted by molar-refractivity contribution is 5.91. The van der Waals surface area contributed by atoms with Crippen LogP contribution in [-0.4, -0.2) is 7.05 Å². The van der Waals surface area contributed by atoms with Crippen molar-refractivity contribution in [2.24, 2.45) is 16.1 Å². The minimum absolute atomic E-state index is 0.564. The van der Waals surface area contributed by atoms with Gasteiger partial charge in [-0.2, -0.15) is 10.2 Å². The maximum atomic E-state index is 4.58. The largest absolute Gasteiger partial charge is 0.192 e. The van der Waals surface area contributed by atoms with Crippen molar-refractivity contribution in [3.63, 3.8) is 0 Å². The highest BCUT2D eigenvalue weighted by Gasteiger charge is 2.22. The van der Waals surface area contributed by atoms with Gasteiger partial charge in [0.2, 0.25) is 0 Å². The molecule has 2 heteroatoms. The summed E-state index contributed by atoms with van der Waals surface area (Å²) in [4.78, 5) is 0. The third-order valence-corrected chi connectivity index (χ3v) is 5.49. The van der Waals surface area contributed by atoms with Gasteiger partial charge < -0.3 is 0 Å². The third-order valence-electron chi connectivity index (χ3n) is 5.49. The van der Waals surface area contributed by atoms with Gasteiger partial charge in [0, 0.05) is 12.6 Å². The van der Waals surface area contributed by atoms with Gasteiger partial charge in [-0.15, -0.1) is 0 Å². The summed E-state index contributed by atoms with van der Waals surface area (Å²) in [6.45, 7) is 6.82. The summed E-state index contributed by atoms with van der Waals surface area (Å²) in [6, 6.07) is 17.6. The lowest BCUT2D eigenvalue weighted by Gasteiger charge is -2.21. The van der Waals surface area contributed by atoms with Gasteiger partial charge in [0.1, 0.15) is 0 Å². The standard InChI is InChI=1S/C24H30N2/c1-17(2)13-14-20-16-15-19-9-5-6-10-21(19)18(3)24(26-25-4)23-12-8-7-11-22(20)23/h5-12,17,20H,13-16H2,1-4H3/b24-18+,26-25?. The number of allylic oxidation sites excluding steroid dienone is 1. The molecule has 2 aromatic carbocycles. The van der Waals surface area contributed by atoms with Gasteiger partial charge in [0.15, 0.2) is 0 Å². The lowest BCUT2D eigenvalue weighted by molar-refractivity contribution is 0.481. The number of benzene rings is 2. The normalized spacial score (nSPS) is 20.4. The van der Waals surface area contributed by atoms with Crippen molar-refractivity contribution < 1.29 is 0 Å². The molecule has 0 amide bonds. The van der Waals surface area contributed by atoms with E-state index >= 15 is 0 Å². The van der Waals surface area contributed by atoms with Crippen molar-refractivity contribution in [3.8, 4) is 0 Å². The Kier molecular flexibility index (Phi) is 6.03. The first-order valence-electron chi connectivity index (χ1n) is 9.80. The molecule has 0 fully saturated rings. The summed E-state index contributed by atoms with van der Waals surface area (Å²) in [5.41, 5.74) is 7.67. The van der Waals surface area contributed by atoms with Gasteiger partial charge in [-0.25, -0.2) is 0 Å². The molecular weight excluding hydrogens is 316 g/mol. The molecule has 0 spiro atoms. The zero-order valence-corrected chi connectivity index (χ0v) is 16.5. The van der Waals surface area contributed by atoms with Gasteiger partial charge in [-0.05, 0) is 60.3 Å². The molecule has 1 unspecified atom stereocenters. The average molecular weight is 347 g/mol. The molecule has 136 valence electrons. The molecule has 0 saturated heterocycles. The van der Waals surface area contributed by atoms with Crippen LogP contribution in [-0.2, 0) is 6.42 Å². The lowest BCUT2D eigenvalue weighted by atomic mass is 9.84. The number of rotatable bonds is 4. The molecule has 0 saturated carbocycles. The number of aryl methyl sites for hydroxylation is 1. The van der Waals surface area contributed by atoms with Crippen molar-refractivity contribution in [3.05, 3.63) is 70.8 Å². The molecule has 0 aliphatic heterocycles. The first-order chi connectivity index (χ1) is 12.6. The van der Waals surface area contributed by atoms with Crippen molar-refractivity contribution >= 4 is 11.3 Å². The third kappa shape index (κ3) is 3.95. The summed E-state index contributed by atoms with van der Waals surface area (Å²) in [5.74, 6) is 1.30. The van der Waals surface area contributed by atoms with E-state index in [-0.39, 0.29) is 0 Å². The van der Waals surface area contributed by atoms with E-state index in [4.69, 9.17) is 0 Å². The zero-order valence-electron chi connectivity index (χ0n) is 16.5. The summed E-state index contributed by atoms with van der Waals surface area (Å²) < 4.78 is 0.